The summed E-state index contributed by atoms with van der Waals surface area (Å²) in [4.78, 5) is 35.0. The Balaban J connectivity index is 4.42. The fourth-order valence-corrected chi connectivity index (χ4v) is 1.27. The van der Waals surface area contributed by atoms with Gasteiger partial charge in [0.2, 0.25) is 0 Å². The summed E-state index contributed by atoms with van der Waals surface area (Å²) >= 11 is 0. The van der Waals surface area contributed by atoms with E-state index in [4.69, 9.17) is 9.84 Å². The number of carboxylic acid groups (broad SMARTS) is 1. The summed E-state index contributed by atoms with van der Waals surface area (Å²) in [6.45, 7) is 5.37. The van der Waals surface area contributed by atoms with Crippen LogP contribution >= 0.6 is 0 Å². The summed E-state index contributed by atoms with van der Waals surface area (Å²) in [5, 5.41) is 11.2. The van der Waals surface area contributed by atoms with Crippen LogP contribution in [0.3, 0.4) is 0 Å². The van der Waals surface area contributed by atoms with E-state index in [1.165, 1.54) is 4.90 Å². The fraction of sp³-hybridized carbons (Fsp3) is 0.727. The lowest BCUT2D eigenvalue weighted by molar-refractivity contribution is -0.143. The molecule has 0 spiro atoms. The lowest BCUT2D eigenvalue weighted by atomic mass is 10.2. The van der Waals surface area contributed by atoms with Crippen molar-refractivity contribution in [3.8, 4) is 0 Å². The molecule has 1 atom stereocenters. The van der Waals surface area contributed by atoms with Crippen LogP contribution in [0.1, 0.15) is 27.2 Å². The summed E-state index contributed by atoms with van der Waals surface area (Å²) in [7, 11) is 0. The van der Waals surface area contributed by atoms with Gasteiger partial charge in [0, 0.05) is 6.54 Å². The minimum Gasteiger partial charge on any atom is -0.480 e. The Labute approximate surface area is 106 Å². The first-order chi connectivity index (χ1) is 8.46. The maximum absolute atomic E-state index is 11.7. The number of rotatable bonds is 7. The SMILES string of the molecule is CCOC(=O)CN(CC)C(=O)NC(CC)C(=O)O. The number of carbonyl (C=O) groups is 3. The third-order valence-electron chi connectivity index (χ3n) is 2.30. The molecule has 7 heteroatoms. The third kappa shape index (κ3) is 5.51. The van der Waals surface area contributed by atoms with Crippen molar-refractivity contribution in [2.45, 2.75) is 33.2 Å². The quantitative estimate of drug-likeness (QED) is 0.648. The van der Waals surface area contributed by atoms with Crippen molar-refractivity contribution in [2.75, 3.05) is 19.7 Å². The standard InChI is InChI=1S/C11H20N2O5/c1-4-8(10(15)16)12-11(17)13(5-2)7-9(14)18-6-3/h8H,4-7H2,1-3H3,(H,12,17)(H,15,16). The molecule has 0 radical (unpaired) electrons. The van der Waals surface area contributed by atoms with E-state index >= 15 is 0 Å². The Morgan fingerprint density at radius 3 is 2.28 bits per heavy atom. The molecule has 0 aliphatic rings. The zero-order chi connectivity index (χ0) is 14.1. The molecule has 0 bridgehead atoms. The number of ether oxygens (including phenoxy) is 1. The highest BCUT2D eigenvalue weighted by Gasteiger charge is 2.22. The Morgan fingerprint density at radius 2 is 1.89 bits per heavy atom. The smallest absolute Gasteiger partial charge is 0.326 e. The van der Waals surface area contributed by atoms with Crippen molar-refractivity contribution >= 4 is 18.0 Å². The Morgan fingerprint density at radius 1 is 1.28 bits per heavy atom. The number of hydrogen-bond donors (Lipinski definition) is 2. The zero-order valence-corrected chi connectivity index (χ0v) is 10.9. The van der Waals surface area contributed by atoms with Gasteiger partial charge >= 0.3 is 18.0 Å². The fourth-order valence-electron chi connectivity index (χ4n) is 1.27. The van der Waals surface area contributed by atoms with Crippen LogP contribution in [0, 0.1) is 0 Å². The molecule has 18 heavy (non-hydrogen) atoms. The largest absolute Gasteiger partial charge is 0.480 e. The monoisotopic (exact) mass is 260 g/mol. The Kier molecular flexibility index (Phi) is 7.50. The molecule has 0 rings (SSSR count). The summed E-state index contributed by atoms with van der Waals surface area (Å²) in [6, 6.07) is -1.53. The van der Waals surface area contributed by atoms with E-state index in [-0.39, 0.29) is 19.6 Å². The number of carboxylic acids is 1. The van der Waals surface area contributed by atoms with E-state index < -0.39 is 24.0 Å². The first kappa shape index (κ1) is 16.2. The topological polar surface area (TPSA) is 95.9 Å². The molecule has 7 nitrogen and oxygen atoms in total. The van der Waals surface area contributed by atoms with Gasteiger partial charge in [0.1, 0.15) is 12.6 Å². The predicted molar refractivity (Wildman–Crippen MR) is 64.1 cm³/mol. The average Bonchev–Trinajstić information content (AvgIpc) is 2.32. The molecular weight excluding hydrogens is 240 g/mol. The number of nitrogens with one attached hydrogen (secondary N) is 1. The van der Waals surface area contributed by atoms with Gasteiger partial charge in [0.25, 0.3) is 0 Å². The number of esters is 1. The molecule has 0 aliphatic carbocycles. The molecule has 104 valence electrons. The first-order valence-corrected chi connectivity index (χ1v) is 5.90. The van der Waals surface area contributed by atoms with Crippen LogP contribution in [-0.2, 0) is 14.3 Å². The van der Waals surface area contributed by atoms with Gasteiger partial charge in [0.15, 0.2) is 0 Å². The molecule has 0 saturated carbocycles. The average molecular weight is 260 g/mol. The van der Waals surface area contributed by atoms with Gasteiger partial charge in [-0.15, -0.1) is 0 Å². The second-order valence-corrected chi connectivity index (χ2v) is 3.57. The van der Waals surface area contributed by atoms with Crippen LogP contribution in [0.4, 0.5) is 4.79 Å². The zero-order valence-electron chi connectivity index (χ0n) is 10.9. The molecule has 2 amide bonds. The minimum atomic E-state index is -1.10. The molecule has 0 heterocycles. The highest BCUT2D eigenvalue weighted by atomic mass is 16.5. The summed E-state index contributed by atoms with van der Waals surface area (Å²) in [5.74, 6) is -1.61. The number of carbonyl (C=O) groups excluding carboxylic acids is 2. The van der Waals surface area contributed by atoms with Gasteiger partial charge in [-0.05, 0) is 20.3 Å². The van der Waals surface area contributed by atoms with E-state index in [0.29, 0.717) is 6.54 Å². The maximum atomic E-state index is 11.7. The van der Waals surface area contributed by atoms with Crippen molar-refractivity contribution in [1.82, 2.24) is 10.2 Å². The van der Waals surface area contributed by atoms with E-state index in [2.05, 4.69) is 5.32 Å². The van der Waals surface area contributed by atoms with E-state index in [1.807, 2.05) is 0 Å². The molecule has 0 saturated heterocycles. The lowest BCUT2D eigenvalue weighted by Crippen LogP contribution is -2.49. The summed E-state index contributed by atoms with van der Waals surface area (Å²) in [5.41, 5.74) is 0. The van der Waals surface area contributed by atoms with Gasteiger partial charge in [-0.25, -0.2) is 9.59 Å². The van der Waals surface area contributed by atoms with Crippen LogP contribution in [-0.4, -0.2) is 53.7 Å². The van der Waals surface area contributed by atoms with Crippen molar-refractivity contribution in [1.29, 1.82) is 0 Å². The van der Waals surface area contributed by atoms with Crippen molar-refractivity contribution < 1.29 is 24.2 Å². The van der Waals surface area contributed by atoms with Crippen LogP contribution in [0.25, 0.3) is 0 Å². The Bertz CT molecular complexity index is 306. The molecular formula is C11H20N2O5. The molecule has 2 N–H and O–H groups in total. The second-order valence-electron chi connectivity index (χ2n) is 3.57. The molecule has 0 aromatic rings. The maximum Gasteiger partial charge on any atom is 0.326 e. The number of nitrogens with zero attached hydrogens (tertiary/aromatic N) is 1. The normalized spacial score (nSPS) is 11.5. The van der Waals surface area contributed by atoms with Crippen molar-refractivity contribution in [3.63, 3.8) is 0 Å². The van der Waals surface area contributed by atoms with Crippen molar-refractivity contribution in [3.05, 3.63) is 0 Å². The number of amides is 2. The van der Waals surface area contributed by atoms with Gasteiger partial charge in [-0.2, -0.15) is 0 Å². The molecule has 0 aliphatic heterocycles. The number of urea groups is 1. The third-order valence-corrected chi connectivity index (χ3v) is 2.30. The van der Waals surface area contributed by atoms with Crippen LogP contribution in [0.2, 0.25) is 0 Å². The highest BCUT2D eigenvalue weighted by molar-refractivity contribution is 5.85. The second kappa shape index (κ2) is 8.32. The Hall–Kier alpha value is -1.79. The number of hydrogen-bond acceptors (Lipinski definition) is 4. The summed E-state index contributed by atoms with van der Waals surface area (Å²) < 4.78 is 4.73. The van der Waals surface area contributed by atoms with E-state index in [1.54, 1.807) is 20.8 Å². The van der Waals surface area contributed by atoms with Crippen LogP contribution in [0.15, 0.2) is 0 Å². The van der Waals surface area contributed by atoms with Gasteiger partial charge in [-0.1, -0.05) is 6.92 Å². The van der Waals surface area contributed by atoms with Crippen LogP contribution < -0.4 is 5.32 Å². The first-order valence-electron chi connectivity index (χ1n) is 5.90. The molecule has 0 aromatic carbocycles. The van der Waals surface area contributed by atoms with Crippen LogP contribution in [0.5, 0.6) is 0 Å². The van der Waals surface area contributed by atoms with Gasteiger partial charge in [-0.3, -0.25) is 4.79 Å². The van der Waals surface area contributed by atoms with Gasteiger partial charge in [0.05, 0.1) is 6.61 Å². The molecule has 1 unspecified atom stereocenters. The lowest BCUT2D eigenvalue weighted by Gasteiger charge is -2.22. The summed E-state index contributed by atoms with van der Waals surface area (Å²) in [6.07, 6.45) is 0.276. The van der Waals surface area contributed by atoms with Crippen molar-refractivity contribution in [2.24, 2.45) is 0 Å². The van der Waals surface area contributed by atoms with E-state index in [9.17, 15) is 14.4 Å². The van der Waals surface area contributed by atoms with Gasteiger partial charge < -0.3 is 20.1 Å². The minimum absolute atomic E-state index is 0.188. The number of likely N-dealkylation sites (N-methyl/N-ethyl adjacent to an activating group) is 1. The molecule has 0 aromatic heterocycles. The molecule has 0 fully saturated rings. The highest BCUT2D eigenvalue weighted by Crippen LogP contribution is 1.96. The predicted octanol–water partition coefficient (Wildman–Crippen LogP) is 0.444. The number of aliphatic carboxylic acids is 1. The van der Waals surface area contributed by atoms with E-state index in [0.717, 1.165) is 0 Å².